The van der Waals surface area contributed by atoms with Crippen molar-refractivity contribution in [3.8, 4) is 0 Å². The van der Waals surface area contributed by atoms with Gasteiger partial charge in [-0.2, -0.15) is 5.10 Å². The van der Waals surface area contributed by atoms with E-state index in [0.717, 1.165) is 26.2 Å². The average Bonchev–Trinajstić information content (AvgIpc) is 2.90. The largest absolute Gasteiger partial charge is 0.323 e. The number of nitrogens with one attached hydrogen (secondary N) is 1. The quantitative estimate of drug-likeness (QED) is 0.740. The molecule has 0 saturated heterocycles. The number of fused-ring (bicyclic) bond motifs is 1. The fourth-order valence-electron chi connectivity index (χ4n) is 2.24. The fraction of sp³-hybridized carbons (Fsp3) is 0.308. The van der Waals surface area contributed by atoms with Crippen LogP contribution >= 0.6 is 23.6 Å². The highest BCUT2D eigenvalue weighted by molar-refractivity contribution is 7.71. The smallest absolute Gasteiger partial charge is 0.263 e. The Morgan fingerprint density at radius 2 is 2.20 bits per heavy atom. The Kier molecular flexibility index (Phi) is 3.10. The molecule has 5 nitrogen and oxygen atoms in total. The minimum atomic E-state index is -0.0329. The molecule has 0 amide bonds. The lowest BCUT2D eigenvalue weighted by atomic mass is 10.2. The summed E-state index contributed by atoms with van der Waals surface area (Å²) in [6, 6.07) is 0. The number of hydrogen-bond donors (Lipinski definition) is 1. The molecule has 3 rings (SSSR count). The van der Waals surface area contributed by atoms with Crippen LogP contribution in [0.3, 0.4) is 0 Å². The van der Waals surface area contributed by atoms with Crippen molar-refractivity contribution < 1.29 is 0 Å². The third-order valence-electron chi connectivity index (χ3n) is 3.41. The van der Waals surface area contributed by atoms with Crippen LogP contribution < -0.4 is 5.56 Å². The van der Waals surface area contributed by atoms with Crippen LogP contribution in [0.25, 0.3) is 10.2 Å². The van der Waals surface area contributed by atoms with Crippen molar-refractivity contribution in [2.24, 2.45) is 7.05 Å². The second kappa shape index (κ2) is 4.68. The zero-order valence-electron chi connectivity index (χ0n) is 11.4. The minimum Gasteiger partial charge on any atom is -0.323 e. The maximum Gasteiger partial charge on any atom is 0.263 e. The van der Waals surface area contributed by atoms with Crippen LogP contribution in [0.5, 0.6) is 0 Å². The molecular formula is C13H14N4OS2. The molecule has 0 fully saturated rings. The topological polar surface area (TPSA) is 55.6 Å². The average molecular weight is 306 g/mol. The first-order valence-electron chi connectivity index (χ1n) is 6.17. The first-order chi connectivity index (χ1) is 9.47. The number of hydrogen-bond acceptors (Lipinski definition) is 4. The molecule has 20 heavy (non-hydrogen) atoms. The van der Waals surface area contributed by atoms with E-state index in [0.29, 0.717) is 11.3 Å². The van der Waals surface area contributed by atoms with Crippen molar-refractivity contribution in [2.45, 2.75) is 20.4 Å². The molecule has 0 aliphatic heterocycles. The number of aromatic nitrogens is 4. The van der Waals surface area contributed by atoms with Crippen LogP contribution in [0.15, 0.2) is 17.2 Å². The van der Waals surface area contributed by atoms with Gasteiger partial charge in [-0.15, -0.1) is 11.3 Å². The molecule has 0 bridgehead atoms. The molecule has 0 radical (unpaired) electrons. The second-order valence-electron chi connectivity index (χ2n) is 4.83. The lowest BCUT2D eigenvalue weighted by Crippen LogP contribution is -2.22. The maximum atomic E-state index is 12.7. The third-order valence-corrected chi connectivity index (χ3v) is 4.85. The van der Waals surface area contributed by atoms with E-state index in [1.165, 1.54) is 0 Å². The number of aromatic amines is 1. The van der Waals surface area contributed by atoms with Gasteiger partial charge in [0, 0.05) is 23.7 Å². The van der Waals surface area contributed by atoms with Gasteiger partial charge in [0.25, 0.3) is 5.56 Å². The van der Waals surface area contributed by atoms with Crippen molar-refractivity contribution in [1.29, 1.82) is 0 Å². The highest BCUT2D eigenvalue weighted by Gasteiger charge is 2.13. The molecule has 3 heterocycles. The van der Waals surface area contributed by atoms with Gasteiger partial charge in [0.05, 0.1) is 18.1 Å². The summed E-state index contributed by atoms with van der Waals surface area (Å²) in [6.07, 6.45) is 3.63. The lowest BCUT2D eigenvalue weighted by molar-refractivity contribution is 0.731. The molecule has 104 valence electrons. The van der Waals surface area contributed by atoms with Crippen molar-refractivity contribution in [3.63, 3.8) is 0 Å². The Labute approximate surface area is 124 Å². The monoisotopic (exact) mass is 306 g/mol. The van der Waals surface area contributed by atoms with Gasteiger partial charge in [-0.25, -0.2) is 0 Å². The highest BCUT2D eigenvalue weighted by Crippen LogP contribution is 2.25. The Morgan fingerprint density at radius 1 is 1.45 bits per heavy atom. The lowest BCUT2D eigenvalue weighted by Gasteiger charge is -2.05. The van der Waals surface area contributed by atoms with Crippen molar-refractivity contribution in [3.05, 3.63) is 43.5 Å². The van der Waals surface area contributed by atoms with Crippen LogP contribution in [0.4, 0.5) is 0 Å². The molecule has 0 aromatic carbocycles. The molecule has 1 N–H and O–H groups in total. The van der Waals surface area contributed by atoms with E-state index >= 15 is 0 Å². The zero-order valence-corrected chi connectivity index (χ0v) is 13.1. The SMILES string of the molecule is Cc1sc2[nH]c(=S)n(Cc3cnn(C)c3)c(=O)c2c1C. The predicted octanol–water partition coefficient (Wildman–Crippen LogP) is 2.52. The summed E-state index contributed by atoms with van der Waals surface area (Å²) in [6.45, 7) is 4.43. The predicted molar refractivity (Wildman–Crippen MR) is 83.1 cm³/mol. The Morgan fingerprint density at radius 3 is 2.85 bits per heavy atom. The maximum absolute atomic E-state index is 12.7. The minimum absolute atomic E-state index is 0.0329. The molecule has 3 aromatic rings. The standard InChI is InChI=1S/C13H14N4OS2/c1-7-8(2)20-11-10(7)12(18)17(13(19)15-11)6-9-4-14-16(3)5-9/h4-5H,6H2,1-3H3,(H,15,19). The van der Waals surface area contributed by atoms with Crippen LogP contribution in [-0.2, 0) is 13.6 Å². The number of aryl methyl sites for hydroxylation is 3. The van der Waals surface area contributed by atoms with E-state index in [9.17, 15) is 4.79 Å². The van der Waals surface area contributed by atoms with Gasteiger partial charge in [-0.05, 0) is 31.6 Å². The van der Waals surface area contributed by atoms with Gasteiger partial charge in [0.2, 0.25) is 0 Å². The van der Waals surface area contributed by atoms with E-state index in [2.05, 4.69) is 10.1 Å². The van der Waals surface area contributed by atoms with Gasteiger partial charge in [-0.3, -0.25) is 14.0 Å². The normalized spacial score (nSPS) is 11.3. The summed E-state index contributed by atoms with van der Waals surface area (Å²) in [5.74, 6) is 0. The Balaban J connectivity index is 2.23. The number of H-pyrrole nitrogens is 1. The summed E-state index contributed by atoms with van der Waals surface area (Å²) in [5.41, 5.74) is 1.95. The number of rotatable bonds is 2. The second-order valence-corrected chi connectivity index (χ2v) is 6.44. The van der Waals surface area contributed by atoms with Gasteiger partial charge in [0.1, 0.15) is 4.83 Å². The first-order valence-corrected chi connectivity index (χ1v) is 7.40. The molecule has 0 atom stereocenters. The summed E-state index contributed by atoms with van der Waals surface area (Å²) >= 11 is 6.89. The molecule has 0 aliphatic carbocycles. The first kappa shape index (κ1) is 13.3. The van der Waals surface area contributed by atoms with E-state index in [1.54, 1.807) is 26.8 Å². The van der Waals surface area contributed by atoms with Crippen molar-refractivity contribution >= 4 is 33.8 Å². The summed E-state index contributed by atoms with van der Waals surface area (Å²) in [7, 11) is 1.85. The van der Waals surface area contributed by atoms with Gasteiger partial charge >= 0.3 is 0 Å². The summed E-state index contributed by atoms with van der Waals surface area (Å²) in [4.78, 5) is 17.8. The number of nitrogens with zero attached hydrogens (tertiary/aromatic N) is 3. The van der Waals surface area contributed by atoms with Crippen LogP contribution in [0.1, 0.15) is 16.0 Å². The third kappa shape index (κ3) is 2.03. The zero-order chi connectivity index (χ0) is 14.4. The molecule has 3 aromatic heterocycles. The number of thiophene rings is 1. The Bertz CT molecular complexity index is 913. The summed E-state index contributed by atoms with van der Waals surface area (Å²) < 4.78 is 3.76. The van der Waals surface area contributed by atoms with Crippen LogP contribution in [0.2, 0.25) is 0 Å². The molecule has 0 saturated carbocycles. The van der Waals surface area contributed by atoms with E-state index in [1.807, 2.05) is 27.1 Å². The van der Waals surface area contributed by atoms with Crippen molar-refractivity contribution in [1.82, 2.24) is 19.3 Å². The van der Waals surface area contributed by atoms with E-state index < -0.39 is 0 Å². The Hall–Kier alpha value is -1.73. The van der Waals surface area contributed by atoms with Crippen LogP contribution in [-0.4, -0.2) is 19.3 Å². The molecule has 0 spiro atoms. The van der Waals surface area contributed by atoms with Crippen molar-refractivity contribution in [2.75, 3.05) is 0 Å². The highest BCUT2D eigenvalue weighted by atomic mass is 32.1. The van der Waals surface area contributed by atoms with Crippen LogP contribution in [0, 0.1) is 18.6 Å². The van der Waals surface area contributed by atoms with E-state index in [4.69, 9.17) is 12.2 Å². The van der Waals surface area contributed by atoms with Gasteiger partial charge in [-0.1, -0.05) is 0 Å². The van der Waals surface area contributed by atoms with Gasteiger partial charge < -0.3 is 4.98 Å². The fourth-order valence-corrected chi connectivity index (χ4v) is 3.61. The molecular weight excluding hydrogens is 292 g/mol. The summed E-state index contributed by atoms with van der Waals surface area (Å²) in [5, 5.41) is 4.86. The molecule has 0 unspecified atom stereocenters. The van der Waals surface area contributed by atoms with Gasteiger partial charge in [0.15, 0.2) is 4.77 Å². The van der Waals surface area contributed by atoms with E-state index in [-0.39, 0.29) is 5.56 Å². The molecule has 7 heteroatoms. The molecule has 0 aliphatic rings.